The number of hydrogen-bond acceptors (Lipinski definition) is 3. The molecular formula is C16H25NO2. The number of ether oxygens (including phenoxy) is 2. The molecule has 1 aromatic rings. The van der Waals surface area contributed by atoms with Gasteiger partial charge in [-0.1, -0.05) is 24.3 Å². The summed E-state index contributed by atoms with van der Waals surface area (Å²) in [5.41, 5.74) is 2.72. The van der Waals surface area contributed by atoms with E-state index in [9.17, 15) is 0 Å². The van der Waals surface area contributed by atoms with E-state index in [1.807, 2.05) is 0 Å². The van der Waals surface area contributed by atoms with Crippen LogP contribution in [-0.4, -0.2) is 24.9 Å². The average molecular weight is 263 g/mol. The molecule has 106 valence electrons. The van der Waals surface area contributed by atoms with Crippen molar-refractivity contribution in [3.63, 3.8) is 0 Å². The van der Waals surface area contributed by atoms with E-state index >= 15 is 0 Å². The predicted octanol–water partition coefficient (Wildman–Crippen LogP) is 2.88. The SMILES string of the molecule is CC(C)(C)NCc1ccccc1COC1CCOC1. The summed E-state index contributed by atoms with van der Waals surface area (Å²) in [5, 5.41) is 3.53. The summed E-state index contributed by atoms with van der Waals surface area (Å²) in [6.45, 7) is 9.67. The third kappa shape index (κ3) is 4.94. The van der Waals surface area contributed by atoms with E-state index in [1.165, 1.54) is 11.1 Å². The van der Waals surface area contributed by atoms with Crippen molar-refractivity contribution in [2.45, 2.75) is 52.0 Å². The Morgan fingerprint density at radius 2 is 2.00 bits per heavy atom. The molecule has 0 saturated carbocycles. The highest BCUT2D eigenvalue weighted by molar-refractivity contribution is 5.26. The highest BCUT2D eigenvalue weighted by Crippen LogP contribution is 2.15. The molecule has 0 radical (unpaired) electrons. The van der Waals surface area contributed by atoms with Crippen LogP contribution >= 0.6 is 0 Å². The van der Waals surface area contributed by atoms with Crippen LogP contribution < -0.4 is 5.32 Å². The first-order valence-electron chi connectivity index (χ1n) is 7.06. The maximum Gasteiger partial charge on any atom is 0.0834 e. The Balaban J connectivity index is 1.91. The van der Waals surface area contributed by atoms with Crippen LogP contribution in [0.2, 0.25) is 0 Å². The minimum Gasteiger partial charge on any atom is -0.379 e. The largest absolute Gasteiger partial charge is 0.379 e. The molecule has 1 aliphatic rings. The quantitative estimate of drug-likeness (QED) is 0.886. The first-order valence-corrected chi connectivity index (χ1v) is 7.06. The zero-order chi connectivity index (χ0) is 13.7. The Hall–Kier alpha value is -0.900. The van der Waals surface area contributed by atoms with Crippen LogP contribution in [0.1, 0.15) is 38.3 Å². The molecule has 1 atom stereocenters. The molecule has 1 heterocycles. The summed E-state index contributed by atoms with van der Waals surface area (Å²) in [4.78, 5) is 0. The van der Waals surface area contributed by atoms with Gasteiger partial charge in [-0.25, -0.2) is 0 Å². The molecule has 1 unspecified atom stereocenters. The maximum atomic E-state index is 5.91. The summed E-state index contributed by atoms with van der Waals surface area (Å²) in [7, 11) is 0. The topological polar surface area (TPSA) is 30.5 Å². The molecule has 1 fully saturated rings. The highest BCUT2D eigenvalue weighted by Gasteiger charge is 2.16. The lowest BCUT2D eigenvalue weighted by molar-refractivity contribution is 0.0314. The lowest BCUT2D eigenvalue weighted by Crippen LogP contribution is -2.35. The molecule has 19 heavy (non-hydrogen) atoms. The Morgan fingerprint density at radius 1 is 1.26 bits per heavy atom. The van der Waals surface area contributed by atoms with Gasteiger partial charge in [-0.15, -0.1) is 0 Å². The van der Waals surface area contributed by atoms with Crippen LogP contribution in [0.15, 0.2) is 24.3 Å². The third-order valence-corrected chi connectivity index (χ3v) is 3.29. The van der Waals surface area contributed by atoms with Crippen molar-refractivity contribution in [1.29, 1.82) is 0 Å². The Kier molecular flexibility index (Phi) is 4.97. The van der Waals surface area contributed by atoms with E-state index in [1.54, 1.807) is 0 Å². The number of rotatable bonds is 5. The first kappa shape index (κ1) is 14.5. The minimum atomic E-state index is 0.132. The van der Waals surface area contributed by atoms with Crippen LogP contribution in [0.3, 0.4) is 0 Å². The smallest absolute Gasteiger partial charge is 0.0834 e. The normalized spacial score (nSPS) is 19.8. The van der Waals surface area contributed by atoms with Crippen molar-refractivity contribution in [3.05, 3.63) is 35.4 Å². The molecule has 0 aromatic heterocycles. The summed E-state index contributed by atoms with van der Waals surface area (Å²) < 4.78 is 11.2. The van der Waals surface area contributed by atoms with Crippen LogP contribution in [-0.2, 0) is 22.6 Å². The number of hydrogen-bond donors (Lipinski definition) is 1. The second kappa shape index (κ2) is 6.51. The van der Waals surface area contributed by atoms with E-state index < -0.39 is 0 Å². The van der Waals surface area contributed by atoms with E-state index in [-0.39, 0.29) is 11.6 Å². The molecule has 1 aromatic carbocycles. The standard InChI is InChI=1S/C16H25NO2/c1-16(2,3)17-10-13-6-4-5-7-14(13)11-19-15-8-9-18-12-15/h4-7,15,17H,8-12H2,1-3H3. The van der Waals surface area contributed by atoms with Crippen molar-refractivity contribution in [1.82, 2.24) is 5.32 Å². The van der Waals surface area contributed by atoms with E-state index in [4.69, 9.17) is 9.47 Å². The van der Waals surface area contributed by atoms with Gasteiger partial charge in [0.15, 0.2) is 0 Å². The van der Waals surface area contributed by atoms with Gasteiger partial charge >= 0.3 is 0 Å². The van der Waals surface area contributed by atoms with Gasteiger partial charge in [0.25, 0.3) is 0 Å². The molecule has 0 spiro atoms. The zero-order valence-corrected chi connectivity index (χ0v) is 12.2. The van der Waals surface area contributed by atoms with Crippen molar-refractivity contribution in [2.75, 3.05) is 13.2 Å². The molecular weight excluding hydrogens is 238 g/mol. The van der Waals surface area contributed by atoms with Gasteiger partial charge in [0.2, 0.25) is 0 Å². The van der Waals surface area contributed by atoms with Crippen LogP contribution in [0, 0.1) is 0 Å². The van der Waals surface area contributed by atoms with E-state index in [0.717, 1.165) is 26.2 Å². The number of nitrogens with one attached hydrogen (secondary N) is 1. The van der Waals surface area contributed by atoms with Crippen LogP contribution in [0.5, 0.6) is 0 Å². The molecule has 2 rings (SSSR count). The highest BCUT2D eigenvalue weighted by atomic mass is 16.5. The maximum absolute atomic E-state index is 5.91. The molecule has 1 saturated heterocycles. The van der Waals surface area contributed by atoms with Crippen molar-refractivity contribution < 1.29 is 9.47 Å². The molecule has 3 nitrogen and oxygen atoms in total. The van der Waals surface area contributed by atoms with Gasteiger partial charge in [0.05, 0.1) is 19.3 Å². The monoisotopic (exact) mass is 263 g/mol. The summed E-state index contributed by atoms with van der Waals surface area (Å²) in [6, 6.07) is 8.48. The van der Waals surface area contributed by atoms with E-state index in [2.05, 4.69) is 50.4 Å². The fourth-order valence-corrected chi connectivity index (χ4v) is 2.08. The molecule has 0 amide bonds. The Morgan fingerprint density at radius 3 is 2.63 bits per heavy atom. The van der Waals surface area contributed by atoms with Crippen LogP contribution in [0.25, 0.3) is 0 Å². The molecule has 0 bridgehead atoms. The minimum absolute atomic E-state index is 0.132. The summed E-state index contributed by atoms with van der Waals surface area (Å²) >= 11 is 0. The fraction of sp³-hybridized carbons (Fsp3) is 0.625. The Bertz CT molecular complexity index is 392. The van der Waals surface area contributed by atoms with Crippen molar-refractivity contribution >= 4 is 0 Å². The van der Waals surface area contributed by atoms with E-state index in [0.29, 0.717) is 6.61 Å². The lowest BCUT2D eigenvalue weighted by atomic mass is 10.1. The number of benzene rings is 1. The summed E-state index contributed by atoms with van der Waals surface area (Å²) in [5.74, 6) is 0. The first-order chi connectivity index (χ1) is 9.04. The second-order valence-electron chi connectivity index (χ2n) is 6.17. The second-order valence-corrected chi connectivity index (χ2v) is 6.17. The van der Waals surface area contributed by atoms with Crippen LogP contribution in [0.4, 0.5) is 0 Å². The zero-order valence-electron chi connectivity index (χ0n) is 12.2. The third-order valence-electron chi connectivity index (χ3n) is 3.29. The average Bonchev–Trinajstić information content (AvgIpc) is 2.87. The van der Waals surface area contributed by atoms with Gasteiger partial charge in [-0.05, 0) is 38.3 Å². The molecule has 1 aliphatic heterocycles. The van der Waals surface area contributed by atoms with Gasteiger partial charge < -0.3 is 14.8 Å². The Labute approximate surface area is 116 Å². The molecule has 0 aliphatic carbocycles. The molecule has 3 heteroatoms. The lowest BCUT2D eigenvalue weighted by Gasteiger charge is -2.22. The fourth-order valence-electron chi connectivity index (χ4n) is 2.08. The van der Waals surface area contributed by atoms with Gasteiger partial charge in [0.1, 0.15) is 0 Å². The van der Waals surface area contributed by atoms with Crippen molar-refractivity contribution in [2.24, 2.45) is 0 Å². The van der Waals surface area contributed by atoms with Gasteiger partial charge in [0, 0.05) is 18.7 Å². The predicted molar refractivity (Wildman–Crippen MR) is 77.0 cm³/mol. The van der Waals surface area contributed by atoms with Gasteiger partial charge in [-0.3, -0.25) is 0 Å². The van der Waals surface area contributed by atoms with Gasteiger partial charge in [-0.2, -0.15) is 0 Å². The molecule has 1 N–H and O–H groups in total. The summed E-state index contributed by atoms with van der Waals surface area (Å²) in [6.07, 6.45) is 1.28. The van der Waals surface area contributed by atoms with Crippen molar-refractivity contribution in [3.8, 4) is 0 Å².